The minimum absolute atomic E-state index is 0.808. The van der Waals surface area contributed by atoms with Crippen molar-refractivity contribution in [3.05, 3.63) is 45.3 Å². The smallest absolute Gasteiger partial charge is 0.120 e. The van der Waals surface area contributed by atoms with E-state index in [0.717, 1.165) is 31.6 Å². The van der Waals surface area contributed by atoms with Crippen LogP contribution in [0.3, 0.4) is 0 Å². The van der Waals surface area contributed by atoms with Crippen LogP contribution in [0.2, 0.25) is 0 Å². The van der Waals surface area contributed by atoms with Gasteiger partial charge in [-0.25, -0.2) is 0 Å². The fraction of sp³-hybridized carbons (Fsp3) is 0.143. The van der Waals surface area contributed by atoms with E-state index in [2.05, 4.69) is 31.9 Å². The maximum atomic E-state index is 5.29. The highest BCUT2D eigenvalue weighted by molar-refractivity contribution is 9.13. The molecule has 0 heterocycles. The molecule has 0 aliphatic rings. The Hall–Kier alpha value is -1.00. The number of methoxy groups -OCH3 is 2. The molecule has 0 aliphatic heterocycles. The maximum absolute atomic E-state index is 5.29. The molecule has 2 aromatic rings. The van der Waals surface area contributed by atoms with Gasteiger partial charge in [-0.05, 0) is 61.7 Å². The van der Waals surface area contributed by atoms with E-state index in [1.165, 1.54) is 0 Å². The first-order valence-electron chi connectivity index (χ1n) is 5.33. The molecule has 0 bridgehead atoms. The van der Waals surface area contributed by atoms with Crippen LogP contribution in [0, 0.1) is 0 Å². The lowest BCUT2D eigenvalue weighted by molar-refractivity contribution is 0.414. The standard InChI is InChI=1S/C14H12Br2O2/c1-17-10-5-3-4-9(6-10)12-7-11(18-2)8-13(15)14(12)16/h3-8H,1-2H3. The summed E-state index contributed by atoms with van der Waals surface area (Å²) in [4.78, 5) is 0. The Labute approximate surface area is 123 Å². The van der Waals surface area contributed by atoms with Gasteiger partial charge < -0.3 is 9.47 Å². The van der Waals surface area contributed by atoms with E-state index in [4.69, 9.17) is 9.47 Å². The van der Waals surface area contributed by atoms with Crippen molar-refractivity contribution < 1.29 is 9.47 Å². The van der Waals surface area contributed by atoms with Gasteiger partial charge in [0.05, 0.1) is 14.2 Å². The summed E-state index contributed by atoms with van der Waals surface area (Å²) in [5, 5.41) is 0. The largest absolute Gasteiger partial charge is 0.497 e. The van der Waals surface area contributed by atoms with Crippen LogP contribution < -0.4 is 9.47 Å². The van der Waals surface area contributed by atoms with Gasteiger partial charge in [0.2, 0.25) is 0 Å². The van der Waals surface area contributed by atoms with Crippen LogP contribution >= 0.6 is 31.9 Å². The number of hydrogen-bond donors (Lipinski definition) is 0. The van der Waals surface area contributed by atoms with Gasteiger partial charge in [0.15, 0.2) is 0 Å². The summed E-state index contributed by atoms with van der Waals surface area (Å²) in [7, 11) is 3.32. The number of benzene rings is 2. The number of halogens is 2. The molecule has 18 heavy (non-hydrogen) atoms. The normalized spacial score (nSPS) is 10.2. The van der Waals surface area contributed by atoms with Crippen molar-refractivity contribution in [2.75, 3.05) is 14.2 Å². The highest BCUT2D eigenvalue weighted by Gasteiger charge is 2.10. The van der Waals surface area contributed by atoms with E-state index < -0.39 is 0 Å². The zero-order chi connectivity index (χ0) is 13.1. The van der Waals surface area contributed by atoms with Gasteiger partial charge in [-0.3, -0.25) is 0 Å². The molecule has 0 radical (unpaired) electrons. The fourth-order valence-electron chi connectivity index (χ4n) is 1.68. The van der Waals surface area contributed by atoms with Crippen molar-refractivity contribution in [1.82, 2.24) is 0 Å². The fourth-order valence-corrected chi connectivity index (χ4v) is 2.58. The summed E-state index contributed by atoms with van der Waals surface area (Å²) in [6, 6.07) is 11.8. The molecular formula is C14H12Br2O2. The zero-order valence-electron chi connectivity index (χ0n) is 10.0. The van der Waals surface area contributed by atoms with Crippen molar-refractivity contribution >= 4 is 31.9 Å². The van der Waals surface area contributed by atoms with Crippen molar-refractivity contribution in [2.24, 2.45) is 0 Å². The summed E-state index contributed by atoms with van der Waals surface area (Å²) in [5.41, 5.74) is 2.13. The van der Waals surface area contributed by atoms with Crippen LogP contribution in [0.4, 0.5) is 0 Å². The molecule has 0 spiro atoms. The number of ether oxygens (including phenoxy) is 2. The molecular weight excluding hydrogens is 360 g/mol. The van der Waals surface area contributed by atoms with E-state index in [1.54, 1.807) is 14.2 Å². The molecule has 0 N–H and O–H groups in total. The monoisotopic (exact) mass is 370 g/mol. The minimum Gasteiger partial charge on any atom is -0.497 e. The first-order chi connectivity index (χ1) is 8.65. The summed E-state index contributed by atoms with van der Waals surface area (Å²) in [6.45, 7) is 0. The molecule has 0 atom stereocenters. The average Bonchev–Trinajstić information content (AvgIpc) is 2.41. The predicted molar refractivity (Wildman–Crippen MR) is 80.4 cm³/mol. The summed E-state index contributed by atoms with van der Waals surface area (Å²) in [5.74, 6) is 1.64. The molecule has 0 fully saturated rings. The predicted octanol–water partition coefficient (Wildman–Crippen LogP) is 4.90. The number of hydrogen-bond acceptors (Lipinski definition) is 2. The molecule has 2 aromatic carbocycles. The molecule has 0 unspecified atom stereocenters. The van der Waals surface area contributed by atoms with Gasteiger partial charge >= 0.3 is 0 Å². The quantitative estimate of drug-likeness (QED) is 0.764. The molecule has 2 nitrogen and oxygen atoms in total. The highest BCUT2D eigenvalue weighted by Crippen LogP contribution is 2.38. The Kier molecular flexibility index (Phi) is 4.30. The van der Waals surface area contributed by atoms with Gasteiger partial charge in [0, 0.05) is 14.5 Å². The molecule has 0 saturated carbocycles. The first-order valence-corrected chi connectivity index (χ1v) is 6.91. The summed E-state index contributed by atoms with van der Waals surface area (Å²) < 4.78 is 12.5. The van der Waals surface area contributed by atoms with Crippen molar-refractivity contribution in [1.29, 1.82) is 0 Å². The van der Waals surface area contributed by atoms with Crippen molar-refractivity contribution in [3.63, 3.8) is 0 Å². The van der Waals surface area contributed by atoms with Crippen molar-refractivity contribution in [3.8, 4) is 22.6 Å². The van der Waals surface area contributed by atoms with Gasteiger partial charge in [-0.15, -0.1) is 0 Å². The lowest BCUT2D eigenvalue weighted by Crippen LogP contribution is -1.88. The van der Waals surface area contributed by atoms with Crippen LogP contribution in [-0.2, 0) is 0 Å². The second-order valence-electron chi connectivity index (χ2n) is 3.70. The van der Waals surface area contributed by atoms with Crippen LogP contribution in [0.5, 0.6) is 11.5 Å². The molecule has 2 rings (SSSR count). The Balaban J connectivity index is 2.58. The third-order valence-corrected chi connectivity index (χ3v) is 4.63. The molecule has 4 heteroatoms. The van der Waals surface area contributed by atoms with E-state index in [-0.39, 0.29) is 0 Å². The summed E-state index contributed by atoms with van der Waals surface area (Å²) >= 11 is 7.10. The van der Waals surface area contributed by atoms with E-state index in [9.17, 15) is 0 Å². The van der Waals surface area contributed by atoms with Gasteiger partial charge in [-0.1, -0.05) is 12.1 Å². The molecule has 94 valence electrons. The molecule has 0 saturated heterocycles. The minimum atomic E-state index is 0.808. The first kappa shape index (κ1) is 13.4. The molecule has 0 amide bonds. The highest BCUT2D eigenvalue weighted by atomic mass is 79.9. The lowest BCUT2D eigenvalue weighted by Gasteiger charge is -2.10. The van der Waals surface area contributed by atoms with Crippen LogP contribution in [0.1, 0.15) is 0 Å². The third kappa shape index (κ3) is 2.70. The van der Waals surface area contributed by atoms with Gasteiger partial charge in [0.1, 0.15) is 11.5 Å². The second-order valence-corrected chi connectivity index (χ2v) is 5.35. The summed E-state index contributed by atoms with van der Waals surface area (Å²) in [6.07, 6.45) is 0. The maximum Gasteiger partial charge on any atom is 0.120 e. The van der Waals surface area contributed by atoms with Gasteiger partial charge in [-0.2, -0.15) is 0 Å². The van der Waals surface area contributed by atoms with Crippen LogP contribution in [-0.4, -0.2) is 14.2 Å². The zero-order valence-corrected chi connectivity index (χ0v) is 13.2. The SMILES string of the molecule is COc1cccc(-c2cc(OC)cc(Br)c2Br)c1. The Bertz CT molecular complexity index is 568. The lowest BCUT2D eigenvalue weighted by atomic mass is 10.1. The van der Waals surface area contributed by atoms with Crippen LogP contribution in [0.25, 0.3) is 11.1 Å². The van der Waals surface area contributed by atoms with Crippen LogP contribution in [0.15, 0.2) is 45.3 Å². The van der Waals surface area contributed by atoms with E-state index in [0.29, 0.717) is 0 Å². The topological polar surface area (TPSA) is 18.5 Å². The molecule has 0 aliphatic carbocycles. The number of rotatable bonds is 3. The Morgan fingerprint density at radius 3 is 2.28 bits per heavy atom. The van der Waals surface area contributed by atoms with Crippen molar-refractivity contribution in [2.45, 2.75) is 0 Å². The second kappa shape index (κ2) is 5.76. The Morgan fingerprint density at radius 2 is 1.61 bits per heavy atom. The van der Waals surface area contributed by atoms with E-state index in [1.807, 2.05) is 36.4 Å². The van der Waals surface area contributed by atoms with Gasteiger partial charge in [0.25, 0.3) is 0 Å². The third-order valence-electron chi connectivity index (χ3n) is 2.62. The Morgan fingerprint density at radius 1 is 0.889 bits per heavy atom. The van der Waals surface area contributed by atoms with E-state index >= 15 is 0 Å². The average molecular weight is 372 g/mol. The molecule has 0 aromatic heterocycles.